The number of likely N-dealkylation sites (tertiary alicyclic amines) is 1. The lowest BCUT2D eigenvalue weighted by atomic mass is 9.91. The zero-order chi connectivity index (χ0) is 21.2. The molecule has 29 heavy (non-hydrogen) atoms. The van der Waals surface area contributed by atoms with Crippen molar-refractivity contribution in [1.29, 1.82) is 0 Å². The van der Waals surface area contributed by atoms with Crippen LogP contribution in [0.2, 0.25) is 0 Å². The van der Waals surface area contributed by atoms with Crippen molar-refractivity contribution in [2.75, 3.05) is 12.4 Å². The molecule has 2 aliphatic heterocycles. The number of hydrogen-bond acceptors (Lipinski definition) is 5. The van der Waals surface area contributed by atoms with Crippen LogP contribution in [0, 0.1) is 5.41 Å². The molecule has 158 valence electrons. The Morgan fingerprint density at radius 2 is 1.97 bits per heavy atom. The molecule has 6 nitrogen and oxygen atoms in total. The highest BCUT2D eigenvalue weighted by Gasteiger charge is 2.39. The molecule has 7 heteroatoms. The Balaban J connectivity index is 1.59. The third kappa shape index (κ3) is 5.54. The Labute approximate surface area is 177 Å². The number of nitrogens with zero attached hydrogens (tertiary/aromatic N) is 1. The lowest BCUT2D eigenvalue weighted by molar-refractivity contribution is -0.140. The van der Waals surface area contributed by atoms with Gasteiger partial charge in [0.15, 0.2) is 0 Å². The van der Waals surface area contributed by atoms with Crippen LogP contribution in [0.3, 0.4) is 0 Å². The molecule has 2 atom stereocenters. The first-order valence-corrected chi connectivity index (χ1v) is 11.0. The van der Waals surface area contributed by atoms with Crippen LogP contribution in [0.4, 0.5) is 0 Å². The van der Waals surface area contributed by atoms with Crippen molar-refractivity contribution in [2.45, 2.75) is 59.2 Å². The number of thioether (sulfide) groups is 1. The summed E-state index contributed by atoms with van der Waals surface area (Å²) in [4.78, 5) is 28.1. The van der Waals surface area contributed by atoms with Crippen LogP contribution in [0.25, 0.3) is 4.91 Å². The van der Waals surface area contributed by atoms with Crippen LogP contribution >= 0.6 is 11.8 Å². The first-order chi connectivity index (χ1) is 13.6. The summed E-state index contributed by atoms with van der Waals surface area (Å²) >= 11 is 1.79. The van der Waals surface area contributed by atoms with Crippen molar-refractivity contribution in [3.8, 4) is 0 Å². The summed E-state index contributed by atoms with van der Waals surface area (Å²) in [6, 6.07) is 7.56. The van der Waals surface area contributed by atoms with Gasteiger partial charge in [0.25, 0.3) is 0 Å². The van der Waals surface area contributed by atoms with E-state index in [4.69, 9.17) is 0 Å². The van der Waals surface area contributed by atoms with Crippen molar-refractivity contribution < 1.29 is 14.7 Å². The monoisotopic (exact) mass is 417 g/mol. The van der Waals surface area contributed by atoms with Crippen molar-refractivity contribution in [2.24, 2.45) is 5.41 Å². The van der Waals surface area contributed by atoms with E-state index < -0.39 is 12.1 Å². The molecule has 1 aromatic rings. The number of carbonyl (C=O) groups excluding carboxylic acids is 2. The van der Waals surface area contributed by atoms with E-state index in [9.17, 15) is 14.7 Å². The highest BCUT2D eigenvalue weighted by atomic mass is 32.2. The van der Waals surface area contributed by atoms with E-state index in [1.807, 2.05) is 32.9 Å². The van der Waals surface area contributed by atoms with Crippen LogP contribution in [-0.4, -0.2) is 46.4 Å². The Morgan fingerprint density at radius 1 is 1.28 bits per heavy atom. The van der Waals surface area contributed by atoms with Gasteiger partial charge in [-0.05, 0) is 23.5 Å². The molecule has 0 unspecified atom stereocenters. The molecule has 0 radical (unpaired) electrons. The van der Waals surface area contributed by atoms with Gasteiger partial charge in [-0.1, -0.05) is 45.0 Å². The minimum absolute atomic E-state index is 0.0788. The van der Waals surface area contributed by atoms with Crippen LogP contribution in [-0.2, 0) is 16.1 Å². The summed E-state index contributed by atoms with van der Waals surface area (Å²) in [5, 5.41) is 16.3. The summed E-state index contributed by atoms with van der Waals surface area (Å²) in [6.45, 7) is 8.68. The Morgan fingerprint density at radius 3 is 2.55 bits per heavy atom. The van der Waals surface area contributed by atoms with Crippen molar-refractivity contribution >= 4 is 28.5 Å². The second kappa shape index (κ2) is 8.79. The molecular formula is C22H31N3O3S. The maximum atomic E-state index is 12.7. The van der Waals surface area contributed by atoms with Crippen LogP contribution in [0.1, 0.15) is 51.7 Å². The molecule has 0 saturated carbocycles. The fraction of sp³-hybridized carbons (Fsp3) is 0.545. The number of carbonyl (C=O) groups is 2. The number of aliphatic hydroxyl groups is 1. The first-order valence-electron chi connectivity index (χ1n) is 10.1. The minimum atomic E-state index is -0.650. The molecule has 0 bridgehead atoms. The predicted octanol–water partition coefficient (Wildman–Crippen LogP) is 2.68. The van der Waals surface area contributed by atoms with Gasteiger partial charge in [-0.25, -0.2) is 0 Å². The van der Waals surface area contributed by atoms with Crippen molar-refractivity contribution in [3.63, 3.8) is 0 Å². The van der Waals surface area contributed by atoms with Crippen molar-refractivity contribution in [3.05, 3.63) is 41.1 Å². The highest BCUT2D eigenvalue weighted by Crippen LogP contribution is 2.33. The standard InChI is InChI=1S/C22H31N3O3S/c1-14-20(29-13-24-14)16-7-5-15(6-8-16)11-23-21(28)18-9-17(26)12-25(18)19(27)10-22(2,3)4/h5-8,17-18,24,26H,9-13H2,1-4H3,(H,23,28)/t17-,18-/m1/s1. The average Bonchev–Trinajstić information content (AvgIpc) is 3.24. The smallest absolute Gasteiger partial charge is 0.243 e. The van der Waals surface area contributed by atoms with Gasteiger partial charge in [0.2, 0.25) is 11.8 Å². The topological polar surface area (TPSA) is 81.7 Å². The van der Waals surface area contributed by atoms with E-state index >= 15 is 0 Å². The van der Waals surface area contributed by atoms with Gasteiger partial charge in [0, 0.05) is 36.5 Å². The third-order valence-corrected chi connectivity index (χ3v) is 6.28. The maximum Gasteiger partial charge on any atom is 0.243 e. The predicted molar refractivity (Wildman–Crippen MR) is 117 cm³/mol. The number of rotatable bonds is 5. The number of nitrogens with one attached hydrogen (secondary N) is 2. The Kier molecular flexibility index (Phi) is 6.58. The first kappa shape index (κ1) is 21.7. The molecule has 0 aromatic heterocycles. The van der Waals surface area contributed by atoms with Crippen molar-refractivity contribution in [1.82, 2.24) is 15.5 Å². The number of β-amino-alcohol motifs (C(OH)–C–C–N with tert-alkyl or cyclic N) is 1. The molecule has 1 aromatic carbocycles. The molecular weight excluding hydrogens is 386 g/mol. The van der Waals surface area contributed by atoms with Crippen LogP contribution < -0.4 is 10.6 Å². The summed E-state index contributed by atoms with van der Waals surface area (Å²) in [5.74, 6) is 0.614. The van der Waals surface area contributed by atoms with Gasteiger partial charge < -0.3 is 20.6 Å². The van der Waals surface area contributed by atoms with Gasteiger partial charge in [-0.3, -0.25) is 9.59 Å². The normalized spacial score (nSPS) is 22.0. The molecule has 0 spiro atoms. The lowest BCUT2D eigenvalue weighted by Gasteiger charge is -2.27. The minimum Gasteiger partial charge on any atom is -0.391 e. The zero-order valence-corrected chi connectivity index (χ0v) is 18.4. The zero-order valence-electron chi connectivity index (χ0n) is 17.6. The number of amides is 2. The summed E-state index contributed by atoms with van der Waals surface area (Å²) in [6.07, 6.45) is -0.00576. The molecule has 3 N–H and O–H groups in total. The fourth-order valence-corrected chi connectivity index (χ4v) is 4.70. The van der Waals surface area contributed by atoms with E-state index in [0.717, 1.165) is 11.4 Å². The lowest BCUT2D eigenvalue weighted by Crippen LogP contribution is -2.46. The van der Waals surface area contributed by atoms with Gasteiger partial charge in [-0.15, -0.1) is 11.8 Å². The maximum absolute atomic E-state index is 12.7. The summed E-state index contributed by atoms with van der Waals surface area (Å²) in [5.41, 5.74) is 3.21. The van der Waals surface area contributed by atoms with Gasteiger partial charge >= 0.3 is 0 Å². The van der Waals surface area contributed by atoms with E-state index in [1.54, 1.807) is 11.8 Å². The molecule has 0 aliphatic carbocycles. The Bertz CT molecular complexity index is 799. The number of allylic oxidation sites excluding steroid dienone is 1. The molecule has 2 amide bonds. The van der Waals surface area contributed by atoms with Gasteiger partial charge in [0.05, 0.1) is 12.0 Å². The van der Waals surface area contributed by atoms with Crippen LogP contribution in [0.5, 0.6) is 0 Å². The van der Waals surface area contributed by atoms with E-state index in [1.165, 1.54) is 21.1 Å². The molecule has 3 rings (SSSR count). The number of benzene rings is 1. The third-order valence-electron chi connectivity index (χ3n) is 5.16. The van der Waals surface area contributed by atoms with E-state index in [-0.39, 0.29) is 30.2 Å². The van der Waals surface area contributed by atoms with Gasteiger partial charge in [-0.2, -0.15) is 0 Å². The van der Waals surface area contributed by atoms with E-state index in [2.05, 4.69) is 29.7 Å². The highest BCUT2D eigenvalue weighted by molar-refractivity contribution is 8.08. The number of hydrogen-bond donors (Lipinski definition) is 3. The number of aliphatic hydroxyl groups excluding tert-OH is 1. The van der Waals surface area contributed by atoms with Gasteiger partial charge in [0.1, 0.15) is 6.04 Å². The molecule has 2 heterocycles. The molecule has 2 aliphatic rings. The summed E-state index contributed by atoms with van der Waals surface area (Å²) in [7, 11) is 0. The molecule has 1 saturated heterocycles. The average molecular weight is 418 g/mol. The largest absolute Gasteiger partial charge is 0.391 e. The SMILES string of the molecule is CC1=C(c2ccc(CNC(=O)[C@H]3C[C@@H](O)CN3C(=O)CC(C)(C)C)cc2)SCN1. The quantitative estimate of drug-likeness (QED) is 0.686. The molecule has 1 fully saturated rings. The van der Waals surface area contributed by atoms with E-state index in [0.29, 0.717) is 13.0 Å². The fourth-order valence-electron chi connectivity index (χ4n) is 3.68. The Hall–Kier alpha value is -1.99. The second-order valence-electron chi connectivity index (χ2n) is 9.02. The summed E-state index contributed by atoms with van der Waals surface area (Å²) < 4.78 is 0. The second-order valence-corrected chi connectivity index (χ2v) is 10.0. The van der Waals surface area contributed by atoms with Crippen LogP contribution in [0.15, 0.2) is 30.0 Å².